The third-order valence-corrected chi connectivity index (χ3v) is 2.68. The molecule has 1 rings (SSSR count). The third-order valence-electron chi connectivity index (χ3n) is 2.09. The monoisotopic (exact) mass is 292 g/mol. The molecule has 0 radical (unpaired) electrons. The molecule has 0 spiro atoms. The van der Waals surface area contributed by atoms with Crippen LogP contribution in [0.25, 0.3) is 0 Å². The van der Waals surface area contributed by atoms with Crippen molar-refractivity contribution in [1.29, 1.82) is 0 Å². The highest BCUT2D eigenvalue weighted by Crippen LogP contribution is 2.23. The normalized spacial score (nSPS) is 13.8. The fourth-order valence-electron chi connectivity index (χ4n) is 1.35. The summed E-state index contributed by atoms with van der Waals surface area (Å²) in [5.74, 6) is -2.79. The number of benzene rings is 1. The van der Waals surface area contributed by atoms with Gasteiger partial charge in [0.1, 0.15) is 6.61 Å². The zero-order valence-corrected chi connectivity index (χ0v) is 10.9. The van der Waals surface area contributed by atoms with E-state index in [1.54, 1.807) is 0 Å². The van der Waals surface area contributed by atoms with Gasteiger partial charge in [-0.05, 0) is 12.5 Å². The Kier molecular flexibility index (Phi) is 4.87. The van der Waals surface area contributed by atoms with Gasteiger partial charge in [0.2, 0.25) is 0 Å². The van der Waals surface area contributed by atoms with Crippen molar-refractivity contribution >= 4 is 15.9 Å². The topological polar surface area (TPSA) is 9.23 Å². The van der Waals surface area contributed by atoms with Crippen molar-refractivity contribution in [2.75, 3.05) is 11.9 Å². The molecular weight excluding hydrogens is 278 g/mol. The number of ether oxygens (including phenoxy) is 1. The summed E-state index contributed by atoms with van der Waals surface area (Å²) in [6, 6.07) is 7.68. The van der Waals surface area contributed by atoms with Gasteiger partial charge in [-0.1, -0.05) is 45.8 Å². The van der Waals surface area contributed by atoms with E-state index in [9.17, 15) is 8.78 Å². The van der Waals surface area contributed by atoms with Crippen molar-refractivity contribution in [3.8, 4) is 0 Å². The Labute approximate surface area is 103 Å². The van der Waals surface area contributed by atoms with E-state index in [1.807, 2.05) is 31.2 Å². The van der Waals surface area contributed by atoms with Gasteiger partial charge in [0, 0.05) is 12.3 Å². The lowest BCUT2D eigenvalue weighted by Gasteiger charge is -2.19. The van der Waals surface area contributed by atoms with Crippen LogP contribution in [0.5, 0.6) is 0 Å². The highest BCUT2D eigenvalue weighted by molar-refractivity contribution is 9.09. The van der Waals surface area contributed by atoms with E-state index >= 15 is 0 Å². The first-order chi connectivity index (χ1) is 7.42. The van der Waals surface area contributed by atoms with Crippen molar-refractivity contribution in [3.05, 3.63) is 35.4 Å². The van der Waals surface area contributed by atoms with Crippen LogP contribution in [0, 0.1) is 6.92 Å². The fourth-order valence-corrected chi connectivity index (χ4v) is 1.91. The van der Waals surface area contributed by atoms with E-state index in [0.29, 0.717) is 5.33 Å². The molecule has 0 aliphatic heterocycles. The molecule has 0 saturated heterocycles. The summed E-state index contributed by atoms with van der Waals surface area (Å²) in [5.41, 5.74) is 2.01. The first-order valence-electron chi connectivity index (χ1n) is 5.04. The average Bonchev–Trinajstić information content (AvgIpc) is 2.17. The van der Waals surface area contributed by atoms with Crippen molar-refractivity contribution < 1.29 is 13.5 Å². The molecule has 4 heteroatoms. The van der Waals surface area contributed by atoms with E-state index in [1.165, 1.54) is 0 Å². The number of hydrogen-bond donors (Lipinski definition) is 0. The standard InChI is InChI=1S/C12H15BrF2O/c1-9-4-3-5-10(6-9)11(7-13)16-8-12(2,14)15/h3-6,11H,7-8H2,1-2H3. The van der Waals surface area contributed by atoms with Crippen molar-refractivity contribution in [3.63, 3.8) is 0 Å². The first kappa shape index (κ1) is 13.6. The summed E-state index contributed by atoms with van der Waals surface area (Å²) >= 11 is 3.27. The molecule has 0 fully saturated rings. The molecule has 0 saturated carbocycles. The molecule has 0 bridgehead atoms. The van der Waals surface area contributed by atoms with Gasteiger partial charge < -0.3 is 4.74 Å². The van der Waals surface area contributed by atoms with Crippen LogP contribution in [-0.4, -0.2) is 17.9 Å². The van der Waals surface area contributed by atoms with Crippen LogP contribution in [0.3, 0.4) is 0 Å². The van der Waals surface area contributed by atoms with Crippen LogP contribution in [0.2, 0.25) is 0 Å². The molecule has 1 aromatic rings. The lowest BCUT2D eigenvalue weighted by molar-refractivity contribution is -0.0828. The molecule has 16 heavy (non-hydrogen) atoms. The molecule has 1 nitrogen and oxygen atoms in total. The zero-order valence-electron chi connectivity index (χ0n) is 9.34. The molecule has 0 aliphatic rings. The maximum Gasteiger partial charge on any atom is 0.268 e. The summed E-state index contributed by atoms with van der Waals surface area (Å²) in [7, 11) is 0. The van der Waals surface area contributed by atoms with Gasteiger partial charge in [-0.3, -0.25) is 0 Å². The third kappa shape index (κ3) is 4.58. The lowest BCUT2D eigenvalue weighted by atomic mass is 10.1. The van der Waals surface area contributed by atoms with E-state index in [0.717, 1.165) is 18.1 Å². The second-order valence-electron chi connectivity index (χ2n) is 3.94. The quantitative estimate of drug-likeness (QED) is 0.743. The van der Waals surface area contributed by atoms with Gasteiger partial charge in [-0.15, -0.1) is 0 Å². The average molecular weight is 293 g/mol. The number of rotatable bonds is 5. The minimum Gasteiger partial charge on any atom is -0.366 e. The van der Waals surface area contributed by atoms with Gasteiger partial charge in [-0.25, -0.2) is 8.78 Å². The Bertz CT molecular complexity index is 336. The first-order valence-corrected chi connectivity index (χ1v) is 6.16. The smallest absolute Gasteiger partial charge is 0.268 e. The maximum absolute atomic E-state index is 12.7. The molecule has 0 N–H and O–H groups in total. The van der Waals surface area contributed by atoms with E-state index < -0.39 is 12.5 Å². The second-order valence-corrected chi connectivity index (χ2v) is 4.59. The van der Waals surface area contributed by atoms with E-state index in [2.05, 4.69) is 15.9 Å². The molecular formula is C12H15BrF2O. The van der Waals surface area contributed by atoms with Crippen LogP contribution in [-0.2, 0) is 4.74 Å². The summed E-state index contributed by atoms with van der Waals surface area (Å²) in [4.78, 5) is 0. The predicted molar refractivity (Wildman–Crippen MR) is 64.3 cm³/mol. The molecule has 0 aromatic heterocycles. The Balaban J connectivity index is 2.68. The molecule has 0 amide bonds. The number of aryl methyl sites for hydroxylation is 1. The molecule has 0 heterocycles. The van der Waals surface area contributed by atoms with Gasteiger partial charge >= 0.3 is 0 Å². The summed E-state index contributed by atoms with van der Waals surface area (Å²) in [6.07, 6.45) is -0.328. The SMILES string of the molecule is Cc1cccc(C(CBr)OCC(C)(F)F)c1. The lowest BCUT2D eigenvalue weighted by Crippen LogP contribution is -2.21. The summed E-state index contributed by atoms with van der Waals surface area (Å²) in [6.45, 7) is 2.26. The van der Waals surface area contributed by atoms with Crippen LogP contribution in [0.4, 0.5) is 8.78 Å². The maximum atomic E-state index is 12.7. The Morgan fingerprint density at radius 2 is 2.12 bits per heavy atom. The Morgan fingerprint density at radius 3 is 2.62 bits per heavy atom. The van der Waals surface area contributed by atoms with Crippen molar-refractivity contribution in [1.82, 2.24) is 0 Å². The molecule has 1 atom stereocenters. The van der Waals surface area contributed by atoms with Crippen molar-refractivity contribution in [2.45, 2.75) is 25.9 Å². The Hall–Kier alpha value is -0.480. The number of hydrogen-bond acceptors (Lipinski definition) is 1. The molecule has 0 aliphatic carbocycles. The minimum atomic E-state index is -2.79. The van der Waals surface area contributed by atoms with Crippen LogP contribution < -0.4 is 0 Å². The van der Waals surface area contributed by atoms with Gasteiger partial charge in [0.05, 0.1) is 6.10 Å². The van der Waals surface area contributed by atoms with Crippen LogP contribution in [0.1, 0.15) is 24.2 Å². The predicted octanol–water partition coefficient (Wildman–Crippen LogP) is 4.10. The van der Waals surface area contributed by atoms with Crippen LogP contribution >= 0.6 is 15.9 Å². The van der Waals surface area contributed by atoms with E-state index in [-0.39, 0.29) is 6.10 Å². The number of alkyl halides is 3. The molecule has 1 unspecified atom stereocenters. The van der Waals surface area contributed by atoms with Gasteiger partial charge in [0.15, 0.2) is 0 Å². The minimum absolute atomic E-state index is 0.328. The highest BCUT2D eigenvalue weighted by atomic mass is 79.9. The van der Waals surface area contributed by atoms with Gasteiger partial charge in [-0.2, -0.15) is 0 Å². The second kappa shape index (κ2) is 5.73. The molecule has 90 valence electrons. The highest BCUT2D eigenvalue weighted by Gasteiger charge is 2.24. The largest absolute Gasteiger partial charge is 0.366 e. The zero-order chi connectivity index (χ0) is 12.2. The summed E-state index contributed by atoms with van der Waals surface area (Å²) in [5, 5.41) is 0.506. The Morgan fingerprint density at radius 1 is 1.44 bits per heavy atom. The fraction of sp³-hybridized carbons (Fsp3) is 0.500. The van der Waals surface area contributed by atoms with Gasteiger partial charge in [0.25, 0.3) is 5.92 Å². The summed E-state index contributed by atoms with van der Waals surface area (Å²) < 4.78 is 30.5. The van der Waals surface area contributed by atoms with E-state index in [4.69, 9.17) is 4.74 Å². The molecule has 1 aromatic carbocycles. The van der Waals surface area contributed by atoms with Crippen molar-refractivity contribution in [2.24, 2.45) is 0 Å². The number of halogens is 3. The van der Waals surface area contributed by atoms with Crippen LogP contribution in [0.15, 0.2) is 24.3 Å².